The second-order valence-corrected chi connectivity index (χ2v) is 11.1. The highest BCUT2D eigenvalue weighted by atomic mass is 32.2. The largest absolute Gasteiger partial charge is 0.381 e. The molecule has 1 saturated heterocycles. The van der Waals surface area contributed by atoms with Gasteiger partial charge in [0.2, 0.25) is 15.9 Å². The Morgan fingerprint density at radius 1 is 1.14 bits per heavy atom. The number of benzene rings is 1. The molecule has 2 aliphatic rings. The van der Waals surface area contributed by atoms with Crippen molar-refractivity contribution in [1.82, 2.24) is 14.3 Å². The lowest BCUT2D eigenvalue weighted by molar-refractivity contribution is -0.114. The monoisotopic (exact) mass is 509 g/mol. The van der Waals surface area contributed by atoms with E-state index in [1.165, 1.54) is 11.2 Å². The summed E-state index contributed by atoms with van der Waals surface area (Å²) in [6.07, 6.45) is 2.40. The van der Waals surface area contributed by atoms with Gasteiger partial charge in [0.05, 0.1) is 35.3 Å². The van der Waals surface area contributed by atoms with Gasteiger partial charge < -0.3 is 20.4 Å². The van der Waals surface area contributed by atoms with Crippen molar-refractivity contribution in [3.05, 3.63) is 59.9 Å². The molecule has 36 heavy (non-hydrogen) atoms. The molecule has 11 heteroatoms. The van der Waals surface area contributed by atoms with E-state index >= 15 is 0 Å². The number of nitrogens with one attached hydrogen (secondary N) is 3. The molecule has 2 aromatic heterocycles. The van der Waals surface area contributed by atoms with Crippen molar-refractivity contribution in [3.8, 4) is 11.3 Å². The number of hydrogen-bond acceptors (Lipinski definition) is 7. The number of rotatable bonds is 6. The summed E-state index contributed by atoms with van der Waals surface area (Å²) < 4.78 is 33.3. The molecule has 0 unspecified atom stereocenters. The van der Waals surface area contributed by atoms with Crippen LogP contribution in [0.25, 0.3) is 11.3 Å². The number of fused-ring (bicyclic) bond motifs is 1. The van der Waals surface area contributed by atoms with Crippen molar-refractivity contribution in [2.45, 2.75) is 31.6 Å². The van der Waals surface area contributed by atoms with Gasteiger partial charge in [-0.25, -0.2) is 13.4 Å². The molecule has 0 spiro atoms. The Labute approximate surface area is 209 Å². The van der Waals surface area contributed by atoms with Gasteiger partial charge in [0.15, 0.2) is 5.78 Å². The summed E-state index contributed by atoms with van der Waals surface area (Å²) in [6, 6.07) is 12.9. The molecule has 0 aliphatic carbocycles. The number of ketones is 1. The molecule has 0 bridgehead atoms. The Hall–Kier alpha value is -3.54. The van der Waals surface area contributed by atoms with Crippen molar-refractivity contribution in [3.63, 3.8) is 0 Å². The van der Waals surface area contributed by atoms with E-state index in [4.69, 9.17) is 4.74 Å². The SMILES string of the molecule is CC(=O)Nc1cc(-c2[nH]c3c(c2Nc2ccccc2)C(=O)CN(S(=O)(=O)C2CCOCC2)C3)ccn1. The number of amides is 1. The molecular weight excluding hydrogens is 482 g/mol. The number of nitrogens with zero attached hydrogens (tertiary/aromatic N) is 2. The minimum atomic E-state index is -3.67. The maximum atomic E-state index is 13.4. The van der Waals surface area contributed by atoms with Crippen LogP contribution in [0.3, 0.4) is 0 Å². The number of pyridine rings is 1. The Morgan fingerprint density at radius 3 is 2.61 bits per heavy atom. The van der Waals surface area contributed by atoms with Crippen molar-refractivity contribution < 1.29 is 22.7 Å². The van der Waals surface area contributed by atoms with Gasteiger partial charge in [-0.3, -0.25) is 9.59 Å². The highest BCUT2D eigenvalue weighted by Gasteiger charge is 2.40. The standard InChI is InChI=1S/C25H27N5O5S/c1-16(31)27-22-13-17(7-10-26-22)24-25(28-18-5-3-2-4-6-18)23-20(29-24)14-30(15-21(23)32)36(33,34)19-8-11-35-12-9-19/h2-7,10,13,19,28-29H,8-9,11-12,14-15H2,1H3,(H,26,27,31). The van der Waals surface area contributed by atoms with Crippen LogP contribution < -0.4 is 10.6 Å². The molecule has 0 saturated carbocycles. The highest BCUT2D eigenvalue weighted by Crippen LogP contribution is 2.39. The maximum absolute atomic E-state index is 13.4. The quantitative estimate of drug-likeness (QED) is 0.464. The second-order valence-electron chi connectivity index (χ2n) is 8.88. The number of hydrogen-bond donors (Lipinski definition) is 3. The first kappa shape index (κ1) is 24.2. The van der Waals surface area contributed by atoms with Crippen LogP contribution in [0.2, 0.25) is 0 Å². The van der Waals surface area contributed by atoms with Gasteiger partial charge in [-0.05, 0) is 37.1 Å². The Kier molecular flexibility index (Phi) is 6.61. The third-order valence-electron chi connectivity index (χ3n) is 6.36. The topological polar surface area (TPSA) is 133 Å². The minimum Gasteiger partial charge on any atom is -0.381 e. The minimum absolute atomic E-state index is 0.0634. The second kappa shape index (κ2) is 9.84. The van der Waals surface area contributed by atoms with E-state index < -0.39 is 15.3 Å². The molecule has 10 nitrogen and oxygen atoms in total. The van der Waals surface area contributed by atoms with Crippen LogP contribution in [-0.4, -0.2) is 59.4 Å². The number of sulfonamides is 1. The van der Waals surface area contributed by atoms with Crippen LogP contribution in [0.4, 0.5) is 17.2 Å². The number of ether oxygens (including phenoxy) is 1. The number of H-pyrrole nitrogens is 1. The fourth-order valence-corrected chi connectivity index (χ4v) is 6.47. The summed E-state index contributed by atoms with van der Waals surface area (Å²) in [6.45, 7) is 2.03. The number of carbonyl (C=O) groups is 2. The van der Waals surface area contributed by atoms with Crippen LogP contribution >= 0.6 is 0 Å². The number of Topliss-reactive ketones (excluding diaryl/α,β-unsaturated/α-hetero) is 1. The summed E-state index contributed by atoms with van der Waals surface area (Å²) >= 11 is 0. The highest BCUT2D eigenvalue weighted by molar-refractivity contribution is 7.89. The lowest BCUT2D eigenvalue weighted by Gasteiger charge is -2.31. The predicted octanol–water partition coefficient (Wildman–Crippen LogP) is 3.29. The number of para-hydroxylation sites is 1. The predicted molar refractivity (Wildman–Crippen MR) is 136 cm³/mol. The zero-order valence-electron chi connectivity index (χ0n) is 19.8. The van der Waals surface area contributed by atoms with E-state index in [0.29, 0.717) is 60.1 Å². The van der Waals surface area contributed by atoms with Crippen LogP contribution in [0.1, 0.15) is 35.8 Å². The fourth-order valence-electron chi connectivity index (χ4n) is 4.66. The van der Waals surface area contributed by atoms with E-state index in [0.717, 1.165) is 5.69 Å². The van der Waals surface area contributed by atoms with Gasteiger partial charge >= 0.3 is 0 Å². The van der Waals surface area contributed by atoms with E-state index in [-0.39, 0.29) is 24.8 Å². The molecule has 1 fully saturated rings. The maximum Gasteiger partial charge on any atom is 0.222 e. The van der Waals surface area contributed by atoms with Gasteiger partial charge in [0.25, 0.3) is 0 Å². The average Bonchev–Trinajstić information content (AvgIpc) is 3.24. The van der Waals surface area contributed by atoms with Crippen molar-refractivity contribution in [2.75, 3.05) is 30.4 Å². The van der Waals surface area contributed by atoms with E-state index in [9.17, 15) is 18.0 Å². The van der Waals surface area contributed by atoms with Crippen molar-refractivity contribution >= 4 is 38.9 Å². The van der Waals surface area contributed by atoms with Crippen LogP contribution in [0, 0.1) is 0 Å². The van der Waals surface area contributed by atoms with Gasteiger partial charge in [0, 0.05) is 43.3 Å². The summed E-state index contributed by atoms with van der Waals surface area (Å²) in [5.74, 6) is -0.172. The molecule has 2 aliphatic heterocycles. The number of aromatic nitrogens is 2. The van der Waals surface area contributed by atoms with Crippen molar-refractivity contribution in [2.24, 2.45) is 0 Å². The molecule has 5 rings (SSSR count). The average molecular weight is 510 g/mol. The Balaban J connectivity index is 1.56. The normalized spacial score (nSPS) is 17.0. The Morgan fingerprint density at radius 2 is 1.89 bits per heavy atom. The van der Waals surface area contributed by atoms with Crippen LogP contribution in [0.15, 0.2) is 48.7 Å². The molecule has 0 atom stereocenters. The summed E-state index contributed by atoms with van der Waals surface area (Å²) in [7, 11) is -3.67. The number of anilines is 3. The number of aromatic amines is 1. The van der Waals surface area contributed by atoms with Gasteiger partial charge in [-0.2, -0.15) is 4.31 Å². The van der Waals surface area contributed by atoms with Gasteiger partial charge in [-0.1, -0.05) is 18.2 Å². The first-order valence-corrected chi connectivity index (χ1v) is 13.2. The molecule has 1 aromatic carbocycles. The number of carbonyl (C=O) groups excluding carboxylic acids is 2. The zero-order valence-corrected chi connectivity index (χ0v) is 20.6. The van der Waals surface area contributed by atoms with Gasteiger partial charge in [-0.15, -0.1) is 0 Å². The van der Waals surface area contributed by atoms with E-state index in [1.54, 1.807) is 18.3 Å². The Bertz CT molecular complexity index is 1400. The smallest absolute Gasteiger partial charge is 0.222 e. The first-order chi connectivity index (χ1) is 17.3. The molecule has 3 N–H and O–H groups in total. The van der Waals surface area contributed by atoms with Gasteiger partial charge in [0.1, 0.15) is 5.82 Å². The molecule has 0 radical (unpaired) electrons. The molecule has 4 heterocycles. The lowest BCUT2D eigenvalue weighted by atomic mass is 10.0. The third-order valence-corrected chi connectivity index (χ3v) is 8.65. The molecule has 1 amide bonds. The summed E-state index contributed by atoms with van der Waals surface area (Å²) in [5.41, 5.74) is 3.59. The summed E-state index contributed by atoms with van der Waals surface area (Å²) in [4.78, 5) is 32.5. The zero-order chi connectivity index (χ0) is 25.3. The van der Waals surface area contributed by atoms with Crippen LogP contribution in [-0.2, 0) is 26.1 Å². The lowest BCUT2D eigenvalue weighted by Crippen LogP contribution is -2.45. The molecule has 188 valence electrons. The first-order valence-electron chi connectivity index (χ1n) is 11.7. The van der Waals surface area contributed by atoms with Crippen molar-refractivity contribution in [1.29, 1.82) is 0 Å². The summed E-state index contributed by atoms with van der Waals surface area (Å²) in [5, 5.41) is 5.45. The fraction of sp³-hybridized carbons (Fsp3) is 0.320. The molecular formula is C25H27N5O5S. The van der Waals surface area contributed by atoms with E-state index in [1.807, 2.05) is 30.3 Å². The molecule has 3 aromatic rings. The van der Waals surface area contributed by atoms with E-state index in [2.05, 4.69) is 20.6 Å². The third kappa shape index (κ3) is 4.77. The van der Waals surface area contributed by atoms with Crippen LogP contribution in [0.5, 0.6) is 0 Å².